The van der Waals surface area contributed by atoms with Crippen LogP contribution in [0.1, 0.15) is 0 Å². The number of rotatable bonds is 5. The molecule has 6 nitrogen and oxygen atoms in total. The number of morpholine rings is 1. The third kappa shape index (κ3) is 4.79. The molecule has 0 aromatic carbocycles. The summed E-state index contributed by atoms with van der Waals surface area (Å²) in [6.07, 6.45) is -0.303. The summed E-state index contributed by atoms with van der Waals surface area (Å²) >= 11 is 0. The average Bonchev–Trinajstić information content (AvgIpc) is 2.39. The van der Waals surface area contributed by atoms with Gasteiger partial charge in [0.15, 0.2) is 0 Å². The molecule has 0 aliphatic carbocycles. The van der Waals surface area contributed by atoms with Crippen LogP contribution in [0.25, 0.3) is 0 Å². The minimum Gasteiger partial charge on any atom is -0.390 e. The molecule has 0 radical (unpaired) electrons. The molecule has 0 spiro atoms. The lowest BCUT2D eigenvalue weighted by Gasteiger charge is -2.34. The quantitative estimate of drug-likeness (QED) is 0.621. The molecular weight excluding hydrogens is 232 g/mol. The summed E-state index contributed by atoms with van der Waals surface area (Å²) < 4.78 is 5.29. The highest BCUT2D eigenvalue weighted by Crippen LogP contribution is 1.99. The Morgan fingerprint density at radius 2 is 1.78 bits per heavy atom. The van der Waals surface area contributed by atoms with E-state index in [1.807, 2.05) is 0 Å². The Kier molecular flexibility index (Phi) is 5.81. The second kappa shape index (κ2) is 7.37. The molecule has 6 heteroatoms. The maximum atomic E-state index is 10.0. The van der Waals surface area contributed by atoms with E-state index in [0.717, 1.165) is 59.0 Å². The summed E-state index contributed by atoms with van der Waals surface area (Å²) in [6, 6.07) is 0. The minimum atomic E-state index is -0.303. The Labute approximate surface area is 109 Å². The maximum Gasteiger partial charge on any atom is 0.0805 e. The number of piperazine rings is 1. The highest BCUT2D eigenvalue weighted by atomic mass is 16.5. The van der Waals surface area contributed by atoms with Crippen LogP contribution >= 0.6 is 0 Å². The van der Waals surface area contributed by atoms with Gasteiger partial charge in [0.25, 0.3) is 0 Å². The summed E-state index contributed by atoms with van der Waals surface area (Å²) in [6.45, 7) is 9.07. The number of hydrogen-bond donors (Lipinski definition) is 2. The molecule has 0 aromatic heterocycles. The topological polar surface area (TPSA) is 51.2 Å². The lowest BCUT2D eigenvalue weighted by Crippen LogP contribution is -2.53. The van der Waals surface area contributed by atoms with Crippen LogP contribution in [0.3, 0.4) is 0 Å². The molecule has 2 rings (SSSR count). The van der Waals surface area contributed by atoms with E-state index in [-0.39, 0.29) is 6.10 Å². The van der Waals surface area contributed by atoms with Crippen molar-refractivity contribution in [2.24, 2.45) is 0 Å². The molecule has 0 aromatic rings. The molecule has 106 valence electrons. The first kappa shape index (κ1) is 14.2. The zero-order valence-electron chi connectivity index (χ0n) is 11.3. The summed E-state index contributed by atoms with van der Waals surface area (Å²) in [7, 11) is 2.14. The number of β-amino-alcohol motifs (C(OH)–C–C–N with tert-alkyl or cyclic N) is 1. The number of nitrogens with one attached hydrogen (secondary N) is 1. The van der Waals surface area contributed by atoms with E-state index in [1.54, 1.807) is 0 Å². The van der Waals surface area contributed by atoms with Crippen LogP contribution in [0.15, 0.2) is 0 Å². The Hall–Kier alpha value is -0.240. The molecule has 2 N–H and O–H groups in total. The van der Waals surface area contributed by atoms with Crippen molar-refractivity contribution in [2.45, 2.75) is 6.10 Å². The predicted molar refractivity (Wildman–Crippen MR) is 70.3 cm³/mol. The molecule has 2 aliphatic rings. The zero-order chi connectivity index (χ0) is 12.8. The third-order valence-corrected chi connectivity index (χ3v) is 3.63. The number of aliphatic hydroxyl groups excluding tert-OH is 1. The average molecular weight is 258 g/mol. The summed E-state index contributed by atoms with van der Waals surface area (Å²) in [5.41, 5.74) is 3.33. The van der Waals surface area contributed by atoms with E-state index in [1.165, 1.54) is 0 Å². The van der Waals surface area contributed by atoms with Gasteiger partial charge in [-0.15, -0.1) is 0 Å². The number of hydrogen-bond acceptors (Lipinski definition) is 6. The highest BCUT2D eigenvalue weighted by molar-refractivity contribution is 4.71. The maximum absolute atomic E-state index is 10.0. The van der Waals surface area contributed by atoms with Crippen molar-refractivity contribution in [2.75, 3.05) is 72.6 Å². The van der Waals surface area contributed by atoms with Crippen LogP contribution in [-0.2, 0) is 4.74 Å². The first-order chi connectivity index (χ1) is 8.74. The van der Waals surface area contributed by atoms with Crippen molar-refractivity contribution in [3.05, 3.63) is 0 Å². The molecule has 0 saturated carbocycles. The van der Waals surface area contributed by atoms with Crippen LogP contribution in [0, 0.1) is 0 Å². The van der Waals surface area contributed by atoms with Crippen molar-refractivity contribution in [3.63, 3.8) is 0 Å². The van der Waals surface area contributed by atoms with Crippen LogP contribution in [0.5, 0.6) is 0 Å². The van der Waals surface area contributed by atoms with Gasteiger partial charge in [0.2, 0.25) is 0 Å². The highest BCUT2D eigenvalue weighted by Gasteiger charge is 2.17. The minimum absolute atomic E-state index is 0.303. The smallest absolute Gasteiger partial charge is 0.0805 e. The van der Waals surface area contributed by atoms with Gasteiger partial charge in [-0.05, 0) is 7.05 Å². The Balaban J connectivity index is 1.57. The van der Waals surface area contributed by atoms with Gasteiger partial charge in [0, 0.05) is 52.4 Å². The van der Waals surface area contributed by atoms with Gasteiger partial charge < -0.3 is 14.7 Å². The number of nitrogens with zero attached hydrogens (tertiary/aromatic N) is 3. The number of hydrazine groups is 1. The van der Waals surface area contributed by atoms with Gasteiger partial charge in [0.1, 0.15) is 0 Å². The van der Waals surface area contributed by atoms with Gasteiger partial charge in [-0.1, -0.05) is 0 Å². The van der Waals surface area contributed by atoms with Crippen molar-refractivity contribution in [3.8, 4) is 0 Å². The van der Waals surface area contributed by atoms with E-state index in [9.17, 15) is 5.11 Å². The molecule has 2 fully saturated rings. The standard InChI is InChI=1S/C12H26N4O2/c1-14-2-4-16(5-3-14)13-10-12(17)11-15-6-8-18-9-7-15/h12-13,17H,2-11H2,1H3. The molecule has 1 unspecified atom stereocenters. The monoisotopic (exact) mass is 258 g/mol. The van der Waals surface area contributed by atoms with Gasteiger partial charge in [-0.2, -0.15) is 0 Å². The van der Waals surface area contributed by atoms with Gasteiger partial charge in [-0.25, -0.2) is 5.01 Å². The van der Waals surface area contributed by atoms with E-state index in [2.05, 4.69) is 27.3 Å². The summed E-state index contributed by atoms with van der Waals surface area (Å²) in [5, 5.41) is 12.2. The van der Waals surface area contributed by atoms with E-state index in [0.29, 0.717) is 6.54 Å². The fourth-order valence-electron chi connectivity index (χ4n) is 2.35. The molecule has 0 amide bonds. The number of likely N-dealkylation sites (N-methyl/N-ethyl adjacent to an activating group) is 1. The number of ether oxygens (including phenoxy) is 1. The van der Waals surface area contributed by atoms with Gasteiger partial charge in [-0.3, -0.25) is 10.3 Å². The molecule has 0 bridgehead atoms. The fraction of sp³-hybridized carbons (Fsp3) is 1.00. The van der Waals surface area contributed by atoms with Crippen LogP contribution < -0.4 is 5.43 Å². The Bertz CT molecular complexity index is 228. The SMILES string of the molecule is CN1CCN(NCC(O)CN2CCOCC2)CC1. The second-order valence-electron chi connectivity index (χ2n) is 5.22. The van der Waals surface area contributed by atoms with Crippen molar-refractivity contribution >= 4 is 0 Å². The van der Waals surface area contributed by atoms with E-state index >= 15 is 0 Å². The van der Waals surface area contributed by atoms with Crippen LogP contribution in [-0.4, -0.2) is 98.6 Å². The van der Waals surface area contributed by atoms with Crippen molar-refractivity contribution in [1.82, 2.24) is 20.2 Å². The van der Waals surface area contributed by atoms with Crippen LogP contribution in [0.2, 0.25) is 0 Å². The molecule has 1 atom stereocenters. The lowest BCUT2D eigenvalue weighted by atomic mass is 10.3. The largest absolute Gasteiger partial charge is 0.390 e. The molecular formula is C12H26N4O2. The Morgan fingerprint density at radius 1 is 1.11 bits per heavy atom. The number of aliphatic hydroxyl groups is 1. The predicted octanol–water partition coefficient (Wildman–Crippen LogP) is -1.57. The first-order valence-electron chi connectivity index (χ1n) is 6.89. The molecule has 18 heavy (non-hydrogen) atoms. The van der Waals surface area contributed by atoms with Crippen LogP contribution in [0.4, 0.5) is 0 Å². The normalized spacial score (nSPS) is 26.3. The molecule has 2 saturated heterocycles. The van der Waals surface area contributed by atoms with E-state index < -0.39 is 0 Å². The molecule has 2 aliphatic heterocycles. The Morgan fingerprint density at radius 3 is 2.44 bits per heavy atom. The third-order valence-electron chi connectivity index (χ3n) is 3.63. The zero-order valence-corrected chi connectivity index (χ0v) is 11.3. The van der Waals surface area contributed by atoms with Crippen molar-refractivity contribution in [1.29, 1.82) is 0 Å². The first-order valence-corrected chi connectivity index (χ1v) is 6.89. The lowest BCUT2D eigenvalue weighted by molar-refractivity contribution is 0.00771. The molecule has 2 heterocycles. The fourth-order valence-corrected chi connectivity index (χ4v) is 2.35. The van der Waals surface area contributed by atoms with Gasteiger partial charge in [0.05, 0.1) is 19.3 Å². The summed E-state index contributed by atoms with van der Waals surface area (Å²) in [4.78, 5) is 4.59. The second-order valence-corrected chi connectivity index (χ2v) is 5.22. The van der Waals surface area contributed by atoms with Gasteiger partial charge >= 0.3 is 0 Å². The van der Waals surface area contributed by atoms with Crippen molar-refractivity contribution < 1.29 is 9.84 Å². The summed E-state index contributed by atoms with van der Waals surface area (Å²) in [5.74, 6) is 0. The van der Waals surface area contributed by atoms with E-state index in [4.69, 9.17) is 4.74 Å².